The molecule has 8 nitrogen and oxygen atoms in total. The van der Waals surface area contributed by atoms with Crippen molar-refractivity contribution in [1.29, 1.82) is 0 Å². The third kappa shape index (κ3) is 4.50. The Morgan fingerprint density at radius 3 is 2.50 bits per heavy atom. The number of aromatic hydroxyl groups is 1. The first-order chi connectivity index (χ1) is 17.2. The summed E-state index contributed by atoms with van der Waals surface area (Å²) in [6.07, 6.45) is 5.47. The summed E-state index contributed by atoms with van der Waals surface area (Å²) < 4.78 is 6.65. The lowest BCUT2D eigenvalue weighted by molar-refractivity contribution is -0.137. The molecule has 0 unspecified atom stereocenters. The molecule has 0 spiro atoms. The number of carboxylic acids is 1. The minimum absolute atomic E-state index is 0.0395. The van der Waals surface area contributed by atoms with E-state index in [2.05, 4.69) is 11.4 Å². The van der Waals surface area contributed by atoms with Crippen molar-refractivity contribution >= 4 is 41.3 Å². The van der Waals surface area contributed by atoms with Crippen LogP contribution in [0.5, 0.6) is 11.6 Å². The Bertz CT molecular complexity index is 1640. The number of rotatable bonds is 5. The second-order valence-electron chi connectivity index (χ2n) is 8.30. The van der Waals surface area contributed by atoms with Crippen LogP contribution in [0, 0.1) is 6.57 Å². The van der Waals surface area contributed by atoms with Crippen LogP contribution in [0.1, 0.15) is 11.1 Å². The quantitative estimate of drug-likeness (QED) is 0.544. The molecule has 0 saturated carbocycles. The van der Waals surface area contributed by atoms with Gasteiger partial charge in [-0.1, -0.05) is 42.5 Å². The topological polar surface area (TPSA) is 96.4 Å². The van der Waals surface area contributed by atoms with Gasteiger partial charge in [0.25, 0.3) is 11.2 Å². The van der Waals surface area contributed by atoms with E-state index in [1.807, 2.05) is 67.5 Å². The van der Waals surface area contributed by atoms with Crippen LogP contribution in [0.4, 0.5) is 11.4 Å². The maximum absolute atomic E-state index is 13.2. The molecular formula is C28H23N3O5. The third-order valence-electron chi connectivity index (χ3n) is 5.74. The highest BCUT2D eigenvalue weighted by Gasteiger charge is 2.21. The van der Waals surface area contributed by atoms with Crippen molar-refractivity contribution < 1.29 is 19.7 Å². The molecule has 0 aliphatic carbocycles. The number of aliphatic carboxylic acids is 1. The lowest BCUT2D eigenvalue weighted by Gasteiger charge is -2.19. The minimum atomic E-state index is -1.34. The fraction of sp³-hybridized carbons (Fsp3) is 0.107. The van der Waals surface area contributed by atoms with Crippen LogP contribution >= 0.6 is 0 Å². The van der Waals surface area contributed by atoms with Gasteiger partial charge in [-0.15, -0.1) is 6.58 Å². The molecule has 180 valence electrons. The number of carbonyl (C=O) groups is 1. The van der Waals surface area contributed by atoms with E-state index >= 15 is 0 Å². The molecular weight excluding hydrogens is 458 g/mol. The lowest BCUT2D eigenvalue weighted by atomic mass is 9.99. The molecule has 1 aromatic heterocycles. The van der Waals surface area contributed by atoms with E-state index in [0.29, 0.717) is 10.3 Å². The van der Waals surface area contributed by atoms with Gasteiger partial charge in [0.15, 0.2) is 5.88 Å². The molecule has 2 aromatic carbocycles. The number of para-hydroxylation sites is 1. The number of nitrogens with zero attached hydrogens (tertiary/aromatic N) is 3. The van der Waals surface area contributed by atoms with Crippen molar-refractivity contribution in [3.05, 3.63) is 104 Å². The fourth-order valence-corrected chi connectivity index (χ4v) is 3.89. The van der Waals surface area contributed by atoms with Gasteiger partial charge in [0.05, 0.1) is 11.8 Å². The number of aromatic nitrogens is 1. The Balaban J connectivity index is 1.94. The van der Waals surface area contributed by atoms with Crippen LogP contribution in [0.2, 0.25) is 0 Å². The van der Waals surface area contributed by atoms with Gasteiger partial charge in [-0.3, -0.25) is 14.2 Å². The molecule has 0 fully saturated rings. The van der Waals surface area contributed by atoms with E-state index in [0.717, 1.165) is 22.4 Å². The van der Waals surface area contributed by atoms with Gasteiger partial charge in [-0.25, -0.2) is 4.85 Å². The molecule has 2 heterocycles. The highest BCUT2D eigenvalue weighted by Crippen LogP contribution is 2.34. The SMILES string of the molecule is [C-]#[N+]c1c(O)n(CC(=O)O)c(=O)c(=C2C=C(C=Cc3ccc(N(C)C)cc3)c3ccccc3O2)c1=C. The zero-order valence-corrected chi connectivity index (χ0v) is 19.7. The first-order valence-corrected chi connectivity index (χ1v) is 10.9. The van der Waals surface area contributed by atoms with Crippen LogP contribution < -0.4 is 25.6 Å². The Kier molecular flexibility index (Phi) is 6.48. The fourth-order valence-electron chi connectivity index (χ4n) is 3.89. The monoisotopic (exact) mass is 481 g/mol. The first-order valence-electron chi connectivity index (χ1n) is 10.9. The van der Waals surface area contributed by atoms with Crippen LogP contribution in [0.15, 0.2) is 65.5 Å². The van der Waals surface area contributed by atoms with E-state index in [1.165, 1.54) is 0 Å². The number of fused-ring (bicyclic) bond motifs is 1. The second kappa shape index (κ2) is 9.68. The van der Waals surface area contributed by atoms with Gasteiger partial charge in [-0.05, 0) is 40.6 Å². The van der Waals surface area contributed by atoms with Crippen LogP contribution in [0.25, 0.3) is 28.8 Å². The van der Waals surface area contributed by atoms with E-state index in [9.17, 15) is 19.8 Å². The van der Waals surface area contributed by atoms with Crippen molar-refractivity contribution in [2.75, 3.05) is 19.0 Å². The van der Waals surface area contributed by atoms with Crippen molar-refractivity contribution in [2.45, 2.75) is 6.54 Å². The van der Waals surface area contributed by atoms with Crippen LogP contribution in [-0.2, 0) is 11.3 Å². The largest absolute Gasteiger partial charge is 0.503 e. The maximum atomic E-state index is 13.2. The number of ether oxygens (including phenoxy) is 1. The Hall–Kier alpha value is -5.03. The average Bonchev–Trinajstić information content (AvgIpc) is 2.85. The number of benzene rings is 2. The molecule has 0 saturated heterocycles. The van der Waals surface area contributed by atoms with Crippen LogP contribution in [0.3, 0.4) is 0 Å². The van der Waals surface area contributed by atoms with Gasteiger partial charge in [0, 0.05) is 25.3 Å². The van der Waals surface area contributed by atoms with Crippen molar-refractivity contribution in [2.24, 2.45) is 0 Å². The normalized spacial score (nSPS) is 14.0. The minimum Gasteiger partial charge on any atom is -0.503 e. The summed E-state index contributed by atoms with van der Waals surface area (Å²) in [7, 11) is 3.94. The lowest BCUT2D eigenvalue weighted by Crippen LogP contribution is -2.47. The summed E-state index contributed by atoms with van der Waals surface area (Å²) in [5.74, 6) is -1.49. The highest BCUT2D eigenvalue weighted by atomic mass is 16.5. The third-order valence-corrected chi connectivity index (χ3v) is 5.74. The molecule has 0 atom stereocenters. The van der Waals surface area contributed by atoms with Crippen molar-refractivity contribution in [3.63, 3.8) is 0 Å². The van der Waals surface area contributed by atoms with Gasteiger partial charge in [0.2, 0.25) is 0 Å². The Labute approximate surface area is 207 Å². The molecule has 0 radical (unpaired) electrons. The van der Waals surface area contributed by atoms with Crippen molar-refractivity contribution in [3.8, 4) is 11.6 Å². The summed E-state index contributed by atoms with van der Waals surface area (Å²) in [5, 5.41) is 19.5. The molecule has 8 heteroatoms. The number of allylic oxidation sites excluding steroid dienone is 2. The number of hydrogen-bond acceptors (Lipinski definition) is 5. The second-order valence-corrected chi connectivity index (χ2v) is 8.30. The smallest absolute Gasteiger partial charge is 0.323 e. The summed E-state index contributed by atoms with van der Waals surface area (Å²) in [5.41, 5.74) is 2.44. The zero-order valence-electron chi connectivity index (χ0n) is 19.7. The summed E-state index contributed by atoms with van der Waals surface area (Å²) in [6, 6.07) is 15.3. The van der Waals surface area contributed by atoms with E-state index < -0.39 is 24.0 Å². The number of anilines is 1. The van der Waals surface area contributed by atoms with Gasteiger partial charge in [0.1, 0.15) is 18.1 Å². The van der Waals surface area contributed by atoms with Gasteiger partial charge < -0.3 is 19.8 Å². The molecule has 2 N–H and O–H groups in total. The number of pyridine rings is 1. The number of hydrogen-bond donors (Lipinski definition) is 2. The molecule has 3 aromatic rings. The van der Waals surface area contributed by atoms with Gasteiger partial charge >= 0.3 is 5.97 Å². The molecule has 1 aliphatic rings. The summed E-state index contributed by atoms with van der Waals surface area (Å²) in [6.45, 7) is 10.4. The van der Waals surface area contributed by atoms with Crippen molar-refractivity contribution in [1.82, 2.24) is 4.57 Å². The van der Waals surface area contributed by atoms with E-state index in [4.69, 9.17) is 11.3 Å². The predicted molar refractivity (Wildman–Crippen MR) is 139 cm³/mol. The van der Waals surface area contributed by atoms with E-state index in [1.54, 1.807) is 18.2 Å². The zero-order chi connectivity index (χ0) is 26.0. The molecule has 4 rings (SSSR count). The Morgan fingerprint density at radius 2 is 1.86 bits per heavy atom. The summed E-state index contributed by atoms with van der Waals surface area (Å²) in [4.78, 5) is 29.8. The summed E-state index contributed by atoms with van der Waals surface area (Å²) >= 11 is 0. The predicted octanol–water partition coefficient (Wildman–Crippen LogP) is 2.96. The first kappa shape index (κ1) is 24.1. The maximum Gasteiger partial charge on any atom is 0.323 e. The molecule has 0 bridgehead atoms. The number of carboxylic acid groups (broad SMARTS) is 1. The van der Waals surface area contributed by atoms with Crippen LogP contribution in [-0.4, -0.2) is 34.8 Å². The standard InChI is InChI=1S/C28H23N3O5/c1-17-25(27(34)31(16-24(32)33)28(35)26(17)29-2)23-15-19(21-7-5-6-8-22(21)36-23)12-9-18-10-13-20(14-11-18)30(3)4/h5-15,35H,1,16H2,3-4H3,(H,32,33). The molecule has 0 amide bonds. The van der Waals surface area contributed by atoms with E-state index in [-0.39, 0.29) is 21.9 Å². The van der Waals surface area contributed by atoms with Gasteiger partial charge in [-0.2, -0.15) is 0 Å². The highest BCUT2D eigenvalue weighted by molar-refractivity contribution is 5.89. The molecule has 36 heavy (non-hydrogen) atoms. The average molecular weight is 482 g/mol. The Morgan fingerprint density at radius 1 is 1.17 bits per heavy atom. The molecule has 1 aliphatic heterocycles.